The highest BCUT2D eigenvalue weighted by atomic mass is 16.6. The highest BCUT2D eigenvalue weighted by Gasteiger charge is 2.09. The van der Waals surface area contributed by atoms with Gasteiger partial charge in [0.25, 0.3) is 0 Å². The third-order valence-corrected chi connectivity index (χ3v) is 1.69. The van der Waals surface area contributed by atoms with Crippen LogP contribution in [0.3, 0.4) is 0 Å². The van der Waals surface area contributed by atoms with E-state index in [2.05, 4.69) is 0 Å². The Morgan fingerprint density at radius 1 is 0.882 bits per heavy atom. The first-order valence-corrected chi connectivity index (χ1v) is 5.37. The number of ether oxygens (including phenoxy) is 3. The minimum atomic E-state index is -0.637. The molecule has 0 aliphatic heterocycles. The molecular weight excluding hydrogens is 228 g/mol. The molecule has 0 aromatic rings. The van der Waals surface area contributed by atoms with E-state index in [0.717, 1.165) is 0 Å². The number of hydrogen-bond donors (Lipinski definition) is 2. The van der Waals surface area contributed by atoms with Crippen molar-refractivity contribution in [3.63, 3.8) is 0 Å². The standard InChI is InChI=1S/C10H20N2O5/c1-7(11)9(13)16-5-3-15-4-6-17-10(14)8(2)12/h7-8H,3-6,11-12H2,1-2H3/t7-,8-/m0/s1. The molecule has 0 saturated heterocycles. The molecule has 0 amide bonds. The Morgan fingerprint density at radius 2 is 1.24 bits per heavy atom. The smallest absolute Gasteiger partial charge is 0.322 e. The lowest BCUT2D eigenvalue weighted by Crippen LogP contribution is -2.30. The van der Waals surface area contributed by atoms with E-state index in [1.165, 1.54) is 13.8 Å². The Morgan fingerprint density at radius 3 is 1.53 bits per heavy atom. The van der Waals surface area contributed by atoms with Crippen LogP contribution in [0.15, 0.2) is 0 Å². The van der Waals surface area contributed by atoms with Crippen molar-refractivity contribution in [2.75, 3.05) is 26.4 Å². The molecule has 0 heterocycles. The maximum Gasteiger partial charge on any atom is 0.322 e. The Hall–Kier alpha value is -1.18. The molecule has 0 fully saturated rings. The van der Waals surface area contributed by atoms with Crippen LogP contribution in [0.25, 0.3) is 0 Å². The molecule has 0 saturated carbocycles. The van der Waals surface area contributed by atoms with E-state index in [0.29, 0.717) is 0 Å². The average molecular weight is 248 g/mol. The van der Waals surface area contributed by atoms with Crippen molar-refractivity contribution >= 4 is 11.9 Å². The SMILES string of the molecule is C[C@H](N)C(=O)OCCOCCOC(=O)[C@H](C)N. The van der Waals surface area contributed by atoms with E-state index in [1.54, 1.807) is 0 Å². The molecule has 0 aromatic carbocycles. The second-order valence-corrected chi connectivity index (χ2v) is 3.52. The van der Waals surface area contributed by atoms with Crippen molar-refractivity contribution in [2.24, 2.45) is 11.5 Å². The van der Waals surface area contributed by atoms with Gasteiger partial charge < -0.3 is 25.7 Å². The topological polar surface area (TPSA) is 114 Å². The summed E-state index contributed by atoms with van der Waals surface area (Å²) >= 11 is 0. The van der Waals surface area contributed by atoms with Gasteiger partial charge in [-0.3, -0.25) is 9.59 Å². The first-order valence-electron chi connectivity index (χ1n) is 5.37. The summed E-state index contributed by atoms with van der Waals surface area (Å²) in [4.78, 5) is 21.8. The van der Waals surface area contributed by atoms with Gasteiger partial charge in [-0.1, -0.05) is 0 Å². The first-order chi connectivity index (χ1) is 7.95. The van der Waals surface area contributed by atoms with E-state index in [9.17, 15) is 9.59 Å². The van der Waals surface area contributed by atoms with Gasteiger partial charge >= 0.3 is 11.9 Å². The lowest BCUT2D eigenvalue weighted by atomic mass is 10.4. The van der Waals surface area contributed by atoms with E-state index in [4.69, 9.17) is 25.7 Å². The summed E-state index contributed by atoms with van der Waals surface area (Å²) in [7, 11) is 0. The maximum atomic E-state index is 10.9. The predicted octanol–water partition coefficient (Wildman–Crippen LogP) is -1.22. The molecule has 100 valence electrons. The lowest BCUT2D eigenvalue weighted by Gasteiger charge is -2.09. The van der Waals surface area contributed by atoms with E-state index in [1.807, 2.05) is 0 Å². The monoisotopic (exact) mass is 248 g/mol. The molecule has 17 heavy (non-hydrogen) atoms. The molecule has 0 rings (SSSR count). The number of nitrogens with two attached hydrogens (primary N) is 2. The van der Waals surface area contributed by atoms with Crippen LogP contribution >= 0.6 is 0 Å². The zero-order valence-corrected chi connectivity index (χ0v) is 10.2. The molecule has 0 bridgehead atoms. The Bertz CT molecular complexity index is 219. The number of esters is 2. The second kappa shape index (κ2) is 8.91. The molecule has 0 aromatic heterocycles. The first kappa shape index (κ1) is 15.8. The zero-order valence-electron chi connectivity index (χ0n) is 10.2. The van der Waals surface area contributed by atoms with Crippen LogP contribution in [-0.2, 0) is 23.8 Å². The molecule has 0 spiro atoms. The number of carbonyl (C=O) groups is 2. The largest absolute Gasteiger partial charge is 0.462 e. The van der Waals surface area contributed by atoms with Gasteiger partial charge in [0.05, 0.1) is 13.2 Å². The summed E-state index contributed by atoms with van der Waals surface area (Å²) in [6, 6.07) is -1.27. The Labute approximate surface area is 100 Å². The molecular formula is C10H20N2O5. The van der Waals surface area contributed by atoms with Crippen LogP contribution in [0, 0.1) is 0 Å². The molecule has 0 unspecified atom stereocenters. The van der Waals surface area contributed by atoms with E-state index >= 15 is 0 Å². The van der Waals surface area contributed by atoms with Crippen LogP contribution in [0.1, 0.15) is 13.8 Å². The molecule has 7 nitrogen and oxygen atoms in total. The van der Waals surface area contributed by atoms with Crippen molar-refractivity contribution in [2.45, 2.75) is 25.9 Å². The van der Waals surface area contributed by atoms with Gasteiger partial charge in [-0.05, 0) is 13.8 Å². The Balaban J connectivity index is 3.30. The fraction of sp³-hybridized carbons (Fsp3) is 0.800. The van der Waals surface area contributed by atoms with E-state index in [-0.39, 0.29) is 26.4 Å². The number of carbonyl (C=O) groups excluding carboxylic acids is 2. The average Bonchev–Trinajstić information content (AvgIpc) is 2.26. The van der Waals surface area contributed by atoms with Crippen molar-refractivity contribution in [3.8, 4) is 0 Å². The minimum absolute atomic E-state index is 0.127. The number of rotatable bonds is 8. The summed E-state index contributed by atoms with van der Waals surface area (Å²) in [6.45, 7) is 3.79. The van der Waals surface area contributed by atoms with Crippen molar-refractivity contribution in [3.05, 3.63) is 0 Å². The van der Waals surface area contributed by atoms with Crippen LogP contribution < -0.4 is 11.5 Å². The predicted molar refractivity (Wildman–Crippen MR) is 60.0 cm³/mol. The molecule has 0 aliphatic rings. The molecule has 0 aliphatic carbocycles. The van der Waals surface area contributed by atoms with Gasteiger partial charge in [0.15, 0.2) is 0 Å². The van der Waals surface area contributed by atoms with Gasteiger partial charge in [0.2, 0.25) is 0 Å². The van der Waals surface area contributed by atoms with Crippen LogP contribution in [-0.4, -0.2) is 50.4 Å². The summed E-state index contributed by atoms with van der Waals surface area (Å²) in [6.07, 6.45) is 0. The van der Waals surface area contributed by atoms with Gasteiger partial charge in [0.1, 0.15) is 25.3 Å². The highest BCUT2D eigenvalue weighted by Crippen LogP contribution is 1.87. The van der Waals surface area contributed by atoms with Crippen molar-refractivity contribution < 1.29 is 23.8 Å². The van der Waals surface area contributed by atoms with Crippen molar-refractivity contribution in [1.82, 2.24) is 0 Å². The summed E-state index contributed by atoms with van der Waals surface area (Å²) in [5.74, 6) is -0.950. The lowest BCUT2D eigenvalue weighted by molar-refractivity contribution is -0.147. The summed E-state index contributed by atoms with van der Waals surface area (Å²) in [5.41, 5.74) is 10.6. The van der Waals surface area contributed by atoms with Crippen LogP contribution in [0.2, 0.25) is 0 Å². The minimum Gasteiger partial charge on any atom is -0.462 e. The van der Waals surface area contributed by atoms with Gasteiger partial charge in [-0.15, -0.1) is 0 Å². The quantitative estimate of drug-likeness (QED) is 0.409. The van der Waals surface area contributed by atoms with Crippen molar-refractivity contribution in [1.29, 1.82) is 0 Å². The summed E-state index contributed by atoms with van der Waals surface area (Å²) in [5, 5.41) is 0. The normalized spacial score (nSPS) is 13.9. The van der Waals surface area contributed by atoms with Crippen LogP contribution in [0.5, 0.6) is 0 Å². The van der Waals surface area contributed by atoms with Gasteiger partial charge in [-0.2, -0.15) is 0 Å². The van der Waals surface area contributed by atoms with Gasteiger partial charge in [0, 0.05) is 0 Å². The summed E-state index contributed by atoms with van der Waals surface area (Å²) < 4.78 is 14.6. The molecule has 0 radical (unpaired) electrons. The molecule has 2 atom stereocenters. The third kappa shape index (κ3) is 8.61. The third-order valence-electron chi connectivity index (χ3n) is 1.69. The number of hydrogen-bond acceptors (Lipinski definition) is 7. The fourth-order valence-corrected chi connectivity index (χ4v) is 0.767. The Kier molecular flexibility index (Phi) is 8.29. The molecule has 7 heteroatoms. The molecule has 4 N–H and O–H groups in total. The zero-order chi connectivity index (χ0) is 13.3. The highest BCUT2D eigenvalue weighted by molar-refractivity contribution is 5.75. The van der Waals surface area contributed by atoms with Crippen LogP contribution in [0.4, 0.5) is 0 Å². The fourth-order valence-electron chi connectivity index (χ4n) is 0.767. The second-order valence-electron chi connectivity index (χ2n) is 3.52. The maximum absolute atomic E-state index is 10.9. The van der Waals surface area contributed by atoms with Gasteiger partial charge in [-0.25, -0.2) is 0 Å². The van der Waals surface area contributed by atoms with E-state index < -0.39 is 24.0 Å².